The van der Waals surface area contributed by atoms with Crippen LogP contribution in [0.2, 0.25) is 0 Å². The Balaban J connectivity index is 1.37. The molecule has 5 rings (SSSR count). The highest BCUT2D eigenvalue weighted by Crippen LogP contribution is 2.35. The average molecular weight is 511 g/mol. The number of phenols is 1. The number of thiazole rings is 1. The van der Waals surface area contributed by atoms with E-state index in [2.05, 4.69) is 25.0 Å². The Labute approximate surface area is 204 Å². The molecule has 0 radical (unpaired) electrons. The minimum Gasteiger partial charge on any atom is -0.505 e. The summed E-state index contributed by atoms with van der Waals surface area (Å²) in [6, 6.07) is 13.9. The van der Waals surface area contributed by atoms with Crippen molar-refractivity contribution in [2.45, 2.75) is 4.90 Å². The molecule has 9 nitrogen and oxygen atoms in total. The number of anilines is 1. The molecule has 0 saturated carbocycles. The summed E-state index contributed by atoms with van der Waals surface area (Å²) in [6.45, 7) is 0.390. The van der Waals surface area contributed by atoms with E-state index in [9.17, 15) is 17.9 Å². The molecule has 178 valence electrons. The van der Waals surface area contributed by atoms with E-state index >= 15 is 0 Å². The van der Waals surface area contributed by atoms with Crippen LogP contribution in [-0.4, -0.2) is 46.0 Å². The monoisotopic (exact) mass is 510 g/mol. The molecular formula is C23H19FN6O3S2. The third-order valence-electron chi connectivity index (χ3n) is 5.13. The Morgan fingerprint density at radius 2 is 1.89 bits per heavy atom. The van der Waals surface area contributed by atoms with Crippen molar-refractivity contribution in [1.82, 2.24) is 24.1 Å². The zero-order valence-corrected chi connectivity index (χ0v) is 19.7. The number of nitrogens with one attached hydrogen (secondary N) is 2. The fraction of sp³-hybridized carbons (Fsp3) is 0.0870. The number of imidazole rings is 1. The van der Waals surface area contributed by atoms with Crippen LogP contribution < -0.4 is 10.0 Å². The minimum absolute atomic E-state index is 0.131. The Morgan fingerprint density at radius 1 is 1.06 bits per heavy atom. The molecule has 2 aromatic carbocycles. The van der Waals surface area contributed by atoms with Gasteiger partial charge in [0, 0.05) is 36.4 Å². The van der Waals surface area contributed by atoms with Crippen molar-refractivity contribution in [2.24, 2.45) is 0 Å². The number of hydrogen-bond acceptors (Lipinski definition) is 8. The fourth-order valence-electron chi connectivity index (χ4n) is 3.51. The first-order valence-electron chi connectivity index (χ1n) is 10.5. The average Bonchev–Trinajstić information content (AvgIpc) is 3.46. The molecule has 35 heavy (non-hydrogen) atoms. The van der Waals surface area contributed by atoms with E-state index in [1.807, 2.05) is 16.0 Å². The molecule has 0 amide bonds. The van der Waals surface area contributed by atoms with Gasteiger partial charge in [0.05, 0.1) is 16.3 Å². The van der Waals surface area contributed by atoms with Crippen molar-refractivity contribution in [3.63, 3.8) is 0 Å². The third-order valence-corrected chi connectivity index (χ3v) is 7.37. The van der Waals surface area contributed by atoms with Crippen molar-refractivity contribution in [3.8, 4) is 28.4 Å². The number of benzene rings is 2. The highest BCUT2D eigenvalue weighted by Gasteiger charge is 2.19. The molecule has 0 spiro atoms. The van der Waals surface area contributed by atoms with Crippen LogP contribution in [0.5, 0.6) is 5.75 Å². The Bertz CT molecular complexity index is 1600. The number of aromatic nitrogens is 4. The summed E-state index contributed by atoms with van der Waals surface area (Å²) in [4.78, 5) is 14.3. The molecule has 0 atom stereocenters. The smallest absolute Gasteiger partial charge is 0.240 e. The van der Waals surface area contributed by atoms with Crippen LogP contribution in [0, 0.1) is 5.82 Å². The number of aromatic hydroxyl groups is 1. The van der Waals surface area contributed by atoms with Gasteiger partial charge in [-0.1, -0.05) is 18.2 Å². The van der Waals surface area contributed by atoms with E-state index in [-0.39, 0.29) is 18.0 Å². The number of phenolic OH excluding ortho intramolecular Hbond substituents is 1. The third kappa shape index (κ3) is 4.71. The number of sulfonamides is 1. The zero-order chi connectivity index (χ0) is 24.4. The van der Waals surface area contributed by atoms with Crippen LogP contribution >= 0.6 is 11.3 Å². The van der Waals surface area contributed by atoms with Crippen LogP contribution in [0.4, 0.5) is 10.3 Å². The summed E-state index contributed by atoms with van der Waals surface area (Å²) in [5.41, 5.74) is 2.28. The van der Waals surface area contributed by atoms with Gasteiger partial charge in [-0.2, -0.15) is 0 Å². The largest absolute Gasteiger partial charge is 0.505 e. The van der Waals surface area contributed by atoms with Crippen LogP contribution in [0.1, 0.15) is 0 Å². The summed E-state index contributed by atoms with van der Waals surface area (Å²) in [6.07, 6.45) is 3.43. The molecule has 0 unspecified atom stereocenters. The number of nitrogens with zero attached hydrogens (tertiary/aromatic N) is 4. The van der Waals surface area contributed by atoms with Gasteiger partial charge in [-0.3, -0.25) is 4.40 Å². The Hall–Kier alpha value is -3.87. The molecule has 0 aliphatic heterocycles. The molecule has 0 fully saturated rings. The number of hydrogen-bond donors (Lipinski definition) is 3. The summed E-state index contributed by atoms with van der Waals surface area (Å²) in [5.74, 6) is -0.875. The molecule has 0 bridgehead atoms. The molecule has 0 aliphatic carbocycles. The highest BCUT2D eigenvalue weighted by molar-refractivity contribution is 7.89. The topological polar surface area (TPSA) is 122 Å². The molecule has 3 heterocycles. The predicted octanol–water partition coefficient (Wildman–Crippen LogP) is 3.75. The van der Waals surface area contributed by atoms with Gasteiger partial charge in [0.15, 0.2) is 16.5 Å². The number of rotatable bonds is 8. The van der Waals surface area contributed by atoms with Gasteiger partial charge in [-0.05, 0) is 36.4 Å². The zero-order valence-electron chi connectivity index (χ0n) is 18.1. The first-order valence-corrected chi connectivity index (χ1v) is 12.8. The lowest BCUT2D eigenvalue weighted by Crippen LogP contribution is -2.29. The van der Waals surface area contributed by atoms with E-state index in [0.717, 1.165) is 0 Å². The van der Waals surface area contributed by atoms with Gasteiger partial charge < -0.3 is 10.4 Å². The highest BCUT2D eigenvalue weighted by atomic mass is 32.2. The second-order valence-electron chi connectivity index (χ2n) is 7.43. The van der Waals surface area contributed by atoms with E-state index in [4.69, 9.17) is 0 Å². The van der Waals surface area contributed by atoms with Crippen molar-refractivity contribution in [3.05, 3.63) is 78.2 Å². The normalized spacial score (nSPS) is 11.7. The summed E-state index contributed by atoms with van der Waals surface area (Å²) in [7, 11) is -3.61. The van der Waals surface area contributed by atoms with Gasteiger partial charge in [0.1, 0.15) is 5.69 Å². The molecule has 0 aliphatic rings. The second kappa shape index (κ2) is 9.41. The lowest BCUT2D eigenvalue weighted by Gasteiger charge is -2.09. The standard InChI is InChI=1S/C23H19FN6O3S2/c24-17-7-6-15(14-19(17)31)20-21(30-12-13-34-23(30)29-20)18-8-9-25-22(28-18)26-10-11-27-35(32,33)16-4-2-1-3-5-16/h1-9,12-14,27,31H,10-11H2,(H,25,26,28). The van der Waals surface area contributed by atoms with Crippen molar-refractivity contribution < 1.29 is 17.9 Å². The van der Waals surface area contributed by atoms with Gasteiger partial charge in [0.25, 0.3) is 0 Å². The molecule has 3 N–H and O–H groups in total. The SMILES string of the molecule is O=S(=O)(NCCNc1nccc(-c2c(-c3ccc(F)c(O)c3)nc3sccn23)n1)c1ccccc1. The summed E-state index contributed by atoms with van der Waals surface area (Å²) < 4.78 is 42.7. The van der Waals surface area contributed by atoms with Gasteiger partial charge in [0.2, 0.25) is 16.0 Å². The maximum atomic E-state index is 13.6. The van der Waals surface area contributed by atoms with E-state index < -0.39 is 21.6 Å². The molecule has 5 aromatic rings. The Kier molecular flexibility index (Phi) is 6.16. The number of fused-ring (bicyclic) bond motifs is 1. The predicted molar refractivity (Wildman–Crippen MR) is 131 cm³/mol. The first kappa shape index (κ1) is 22.9. The first-order chi connectivity index (χ1) is 16.9. The maximum absolute atomic E-state index is 13.6. The van der Waals surface area contributed by atoms with Gasteiger partial charge >= 0.3 is 0 Å². The molecule has 12 heteroatoms. The quantitative estimate of drug-likeness (QED) is 0.272. The number of halogens is 1. The lowest BCUT2D eigenvalue weighted by atomic mass is 10.1. The maximum Gasteiger partial charge on any atom is 0.240 e. The molecular weight excluding hydrogens is 491 g/mol. The van der Waals surface area contributed by atoms with Gasteiger partial charge in [-0.25, -0.2) is 32.5 Å². The van der Waals surface area contributed by atoms with Crippen molar-refractivity contribution >= 4 is 32.3 Å². The second-order valence-corrected chi connectivity index (χ2v) is 10.1. The van der Waals surface area contributed by atoms with Crippen molar-refractivity contribution in [2.75, 3.05) is 18.4 Å². The van der Waals surface area contributed by atoms with Crippen LogP contribution in [-0.2, 0) is 10.0 Å². The van der Waals surface area contributed by atoms with E-state index in [1.165, 1.54) is 35.6 Å². The fourth-order valence-corrected chi connectivity index (χ4v) is 5.28. The van der Waals surface area contributed by atoms with Crippen LogP contribution in [0.25, 0.3) is 27.6 Å². The minimum atomic E-state index is -3.61. The van der Waals surface area contributed by atoms with Crippen LogP contribution in [0.15, 0.2) is 77.3 Å². The van der Waals surface area contributed by atoms with E-state index in [1.54, 1.807) is 36.5 Å². The molecule has 3 aromatic heterocycles. The van der Waals surface area contributed by atoms with Crippen LogP contribution in [0.3, 0.4) is 0 Å². The molecule has 0 saturated heterocycles. The Morgan fingerprint density at radius 3 is 2.69 bits per heavy atom. The van der Waals surface area contributed by atoms with E-state index in [0.29, 0.717) is 33.6 Å². The van der Waals surface area contributed by atoms with Gasteiger partial charge in [-0.15, -0.1) is 11.3 Å². The summed E-state index contributed by atoms with van der Waals surface area (Å²) in [5, 5.41) is 14.8. The van der Waals surface area contributed by atoms with Crippen molar-refractivity contribution in [1.29, 1.82) is 0 Å². The lowest BCUT2D eigenvalue weighted by molar-refractivity contribution is 0.432. The summed E-state index contributed by atoms with van der Waals surface area (Å²) >= 11 is 1.43.